The zero-order valence-corrected chi connectivity index (χ0v) is 11.0. The third-order valence-corrected chi connectivity index (χ3v) is 2.43. The van der Waals surface area contributed by atoms with Crippen molar-refractivity contribution in [3.8, 4) is 5.75 Å². The van der Waals surface area contributed by atoms with Crippen LogP contribution < -0.4 is 10.5 Å². The molecule has 0 heterocycles. The van der Waals surface area contributed by atoms with Gasteiger partial charge in [0.2, 0.25) is 0 Å². The molecule has 19 heavy (non-hydrogen) atoms. The Morgan fingerprint density at radius 1 is 1.26 bits per heavy atom. The number of carbonyl (C=O) groups is 2. The van der Waals surface area contributed by atoms with Gasteiger partial charge in [-0.2, -0.15) is 0 Å². The van der Waals surface area contributed by atoms with Crippen LogP contribution in [0, 0.1) is 0 Å². The number of anilines is 1. The summed E-state index contributed by atoms with van der Waals surface area (Å²) in [4.78, 5) is 22.7. The third kappa shape index (κ3) is 4.50. The summed E-state index contributed by atoms with van der Waals surface area (Å²) in [5.41, 5.74) is 6.32. The Hall–Kier alpha value is -2.24. The molecule has 0 saturated heterocycles. The predicted octanol–water partition coefficient (Wildman–Crippen LogP) is 1.39. The maximum absolute atomic E-state index is 11.8. The molecular formula is C13H17NO5. The van der Waals surface area contributed by atoms with Gasteiger partial charge in [0, 0.05) is 12.1 Å². The Morgan fingerprint density at radius 2 is 2.00 bits per heavy atom. The number of esters is 2. The van der Waals surface area contributed by atoms with E-state index in [9.17, 15) is 9.59 Å². The first-order chi connectivity index (χ1) is 9.08. The van der Waals surface area contributed by atoms with E-state index in [1.807, 2.05) is 0 Å². The highest BCUT2D eigenvalue weighted by Gasteiger charge is 2.14. The maximum atomic E-state index is 11.8. The van der Waals surface area contributed by atoms with E-state index in [1.165, 1.54) is 20.3 Å². The van der Waals surface area contributed by atoms with Crippen molar-refractivity contribution in [3.05, 3.63) is 23.8 Å². The van der Waals surface area contributed by atoms with Crippen LogP contribution >= 0.6 is 0 Å². The molecule has 0 saturated carbocycles. The van der Waals surface area contributed by atoms with Crippen molar-refractivity contribution < 1.29 is 23.8 Å². The fourth-order valence-corrected chi connectivity index (χ4v) is 1.45. The summed E-state index contributed by atoms with van der Waals surface area (Å²) in [6.07, 6.45) is 0.612. The molecule has 6 nitrogen and oxygen atoms in total. The van der Waals surface area contributed by atoms with Crippen molar-refractivity contribution in [2.24, 2.45) is 0 Å². The van der Waals surface area contributed by atoms with Crippen molar-refractivity contribution in [1.82, 2.24) is 0 Å². The summed E-state index contributed by atoms with van der Waals surface area (Å²) in [6.45, 7) is 0.131. The van der Waals surface area contributed by atoms with Crippen LogP contribution in [0.1, 0.15) is 23.2 Å². The number of nitrogens with two attached hydrogens (primary N) is 1. The van der Waals surface area contributed by atoms with Gasteiger partial charge >= 0.3 is 11.9 Å². The van der Waals surface area contributed by atoms with Crippen LogP contribution in [0.3, 0.4) is 0 Å². The summed E-state index contributed by atoms with van der Waals surface area (Å²) in [5, 5.41) is 0. The SMILES string of the molecule is COC(=O)CCCOC(=O)c1cc(N)ccc1OC. The van der Waals surface area contributed by atoms with Crippen molar-refractivity contribution in [2.45, 2.75) is 12.8 Å². The number of nitrogen functional groups attached to an aromatic ring is 1. The lowest BCUT2D eigenvalue weighted by Gasteiger charge is -2.09. The first kappa shape index (κ1) is 14.8. The van der Waals surface area contributed by atoms with Crippen molar-refractivity contribution in [1.29, 1.82) is 0 Å². The molecule has 6 heteroatoms. The largest absolute Gasteiger partial charge is 0.496 e. The van der Waals surface area contributed by atoms with E-state index in [2.05, 4.69) is 4.74 Å². The Bertz CT molecular complexity index is 458. The molecular weight excluding hydrogens is 250 g/mol. The van der Waals surface area contributed by atoms with Gasteiger partial charge in [0.05, 0.1) is 20.8 Å². The average molecular weight is 267 g/mol. The molecule has 0 aliphatic carbocycles. The van der Waals surface area contributed by atoms with E-state index in [1.54, 1.807) is 12.1 Å². The van der Waals surface area contributed by atoms with Crippen LogP contribution in [0.15, 0.2) is 18.2 Å². The Kier molecular flexibility index (Phi) is 5.66. The molecule has 1 aromatic carbocycles. The smallest absolute Gasteiger partial charge is 0.341 e. The zero-order chi connectivity index (χ0) is 14.3. The lowest BCUT2D eigenvalue weighted by atomic mass is 10.2. The minimum absolute atomic E-state index is 0.131. The van der Waals surface area contributed by atoms with E-state index in [4.69, 9.17) is 15.2 Å². The van der Waals surface area contributed by atoms with Crippen molar-refractivity contribution >= 4 is 17.6 Å². The lowest BCUT2D eigenvalue weighted by Crippen LogP contribution is -2.10. The number of carbonyl (C=O) groups excluding carboxylic acids is 2. The Morgan fingerprint density at radius 3 is 2.63 bits per heavy atom. The van der Waals surface area contributed by atoms with Crippen LogP contribution in [0.2, 0.25) is 0 Å². The van der Waals surface area contributed by atoms with Crippen molar-refractivity contribution in [3.63, 3.8) is 0 Å². The van der Waals surface area contributed by atoms with Gasteiger partial charge in [-0.1, -0.05) is 0 Å². The molecule has 0 aliphatic rings. The predicted molar refractivity (Wildman–Crippen MR) is 68.9 cm³/mol. The maximum Gasteiger partial charge on any atom is 0.341 e. The van der Waals surface area contributed by atoms with E-state index in [0.29, 0.717) is 17.9 Å². The van der Waals surface area contributed by atoms with Crippen LogP contribution in [0.25, 0.3) is 0 Å². The fraction of sp³-hybridized carbons (Fsp3) is 0.385. The van der Waals surface area contributed by atoms with Crippen LogP contribution in [0.4, 0.5) is 5.69 Å². The highest BCUT2D eigenvalue weighted by atomic mass is 16.5. The lowest BCUT2D eigenvalue weighted by molar-refractivity contribution is -0.140. The fourth-order valence-electron chi connectivity index (χ4n) is 1.45. The van der Waals surface area contributed by atoms with Crippen molar-refractivity contribution in [2.75, 3.05) is 26.6 Å². The normalized spacial score (nSPS) is 9.79. The minimum Gasteiger partial charge on any atom is -0.496 e. The Balaban J connectivity index is 2.54. The number of hydrogen-bond donors (Lipinski definition) is 1. The molecule has 1 aromatic rings. The van der Waals surface area contributed by atoms with E-state index in [0.717, 1.165) is 0 Å². The van der Waals surface area contributed by atoms with Crippen LogP contribution in [-0.4, -0.2) is 32.8 Å². The van der Waals surface area contributed by atoms with Gasteiger partial charge in [0.25, 0.3) is 0 Å². The summed E-state index contributed by atoms with van der Waals surface area (Å²) in [7, 11) is 2.77. The van der Waals surface area contributed by atoms with Gasteiger partial charge in [-0.25, -0.2) is 4.79 Å². The van der Waals surface area contributed by atoms with E-state index >= 15 is 0 Å². The molecule has 0 aromatic heterocycles. The first-order valence-corrected chi connectivity index (χ1v) is 5.76. The minimum atomic E-state index is -0.533. The van der Waals surface area contributed by atoms with E-state index < -0.39 is 5.97 Å². The van der Waals surface area contributed by atoms with Gasteiger partial charge in [0.1, 0.15) is 11.3 Å². The second-order valence-corrected chi connectivity index (χ2v) is 3.78. The number of rotatable bonds is 6. The quantitative estimate of drug-likeness (QED) is 0.476. The molecule has 2 N–H and O–H groups in total. The topological polar surface area (TPSA) is 87.9 Å². The Labute approximate surface area is 111 Å². The summed E-state index contributed by atoms with van der Waals surface area (Å²) < 4.78 is 14.6. The number of benzene rings is 1. The average Bonchev–Trinajstić information content (AvgIpc) is 2.42. The molecule has 0 fully saturated rings. The second-order valence-electron chi connectivity index (χ2n) is 3.78. The third-order valence-electron chi connectivity index (χ3n) is 2.43. The molecule has 1 rings (SSSR count). The summed E-state index contributed by atoms with van der Waals surface area (Å²) >= 11 is 0. The zero-order valence-electron chi connectivity index (χ0n) is 11.0. The van der Waals surface area contributed by atoms with Gasteiger partial charge < -0.3 is 19.9 Å². The second kappa shape index (κ2) is 7.25. The van der Waals surface area contributed by atoms with E-state index in [-0.39, 0.29) is 24.6 Å². The molecule has 0 spiro atoms. The van der Waals surface area contributed by atoms with Gasteiger partial charge in [0.15, 0.2) is 0 Å². The number of hydrogen-bond acceptors (Lipinski definition) is 6. The highest BCUT2D eigenvalue weighted by Crippen LogP contribution is 2.21. The highest BCUT2D eigenvalue weighted by molar-refractivity contribution is 5.93. The summed E-state index contributed by atoms with van der Waals surface area (Å²) in [6, 6.07) is 4.72. The molecule has 0 radical (unpaired) electrons. The molecule has 104 valence electrons. The van der Waals surface area contributed by atoms with Gasteiger partial charge in [-0.05, 0) is 24.6 Å². The summed E-state index contributed by atoms with van der Waals surface area (Å²) in [5.74, 6) is -0.473. The standard InChI is InChI=1S/C13H17NO5/c1-17-11-6-5-9(14)8-10(11)13(16)19-7-3-4-12(15)18-2/h5-6,8H,3-4,7,14H2,1-2H3. The number of methoxy groups -OCH3 is 2. The van der Waals surface area contributed by atoms with Gasteiger partial charge in [-0.15, -0.1) is 0 Å². The first-order valence-electron chi connectivity index (χ1n) is 5.76. The molecule has 0 bridgehead atoms. The van der Waals surface area contributed by atoms with Gasteiger partial charge in [-0.3, -0.25) is 4.79 Å². The van der Waals surface area contributed by atoms with Crippen LogP contribution in [0.5, 0.6) is 5.75 Å². The van der Waals surface area contributed by atoms with Crippen LogP contribution in [-0.2, 0) is 14.3 Å². The monoisotopic (exact) mass is 267 g/mol. The molecule has 0 unspecified atom stereocenters. The molecule has 0 aliphatic heterocycles. The molecule has 0 atom stereocenters. The number of ether oxygens (including phenoxy) is 3. The molecule has 0 amide bonds.